The van der Waals surface area contributed by atoms with E-state index >= 15 is 0 Å². The Kier molecular flexibility index (Phi) is 1.93. The molecule has 0 bridgehead atoms. The second-order valence-electron chi connectivity index (χ2n) is 2.82. The van der Waals surface area contributed by atoms with Gasteiger partial charge in [0.05, 0.1) is 24.1 Å². The Bertz CT molecular complexity index is 525. The number of fused-ring (bicyclic) bond motifs is 1. The summed E-state index contributed by atoms with van der Waals surface area (Å²) in [5.74, 6) is -1.46. The van der Waals surface area contributed by atoms with Crippen molar-refractivity contribution in [3.63, 3.8) is 0 Å². The number of halogens is 2. The molecule has 1 aromatic carbocycles. The molecule has 1 aromatic heterocycles. The Morgan fingerprint density at radius 3 is 2.93 bits per heavy atom. The lowest BCUT2D eigenvalue weighted by Crippen LogP contribution is -1.94. The molecule has 2 aromatic rings. The molecular formula is C10H5F2NO. The van der Waals surface area contributed by atoms with Crippen LogP contribution in [0.3, 0.4) is 0 Å². The van der Waals surface area contributed by atoms with Gasteiger partial charge in [-0.25, -0.2) is 8.78 Å². The number of furan rings is 1. The summed E-state index contributed by atoms with van der Waals surface area (Å²) in [4.78, 5) is 0. The summed E-state index contributed by atoms with van der Waals surface area (Å²) < 4.78 is 31.5. The van der Waals surface area contributed by atoms with Crippen LogP contribution in [-0.4, -0.2) is 0 Å². The molecule has 0 amide bonds. The van der Waals surface area contributed by atoms with Crippen LogP contribution in [0.5, 0.6) is 0 Å². The standard InChI is InChI=1S/C10H5F2NO/c11-8-5-9-7(2-4-14-9)10(12)6(8)1-3-13/h2,4-5H,1H2. The fourth-order valence-corrected chi connectivity index (χ4v) is 1.32. The zero-order valence-electron chi connectivity index (χ0n) is 7.05. The monoisotopic (exact) mass is 193 g/mol. The van der Waals surface area contributed by atoms with E-state index in [1.54, 1.807) is 6.07 Å². The topological polar surface area (TPSA) is 36.9 Å². The third-order valence-electron chi connectivity index (χ3n) is 2.00. The van der Waals surface area contributed by atoms with Crippen molar-refractivity contribution in [1.29, 1.82) is 5.26 Å². The zero-order chi connectivity index (χ0) is 10.1. The molecule has 0 fully saturated rings. The van der Waals surface area contributed by atoms with E-state index in [1.165, 1.54) is 12.3 Å². The number of rotatable bonds is 1. The molecule has 0 aliphatic rings. The van der Waals surface area contributed by atoms with Gasteiger partial charge in [-0.2, -0.15) is 5.26 Å². The molecule has 0 aliphatic heterocycles. The molecule has 0 radical (unpaired) electrons. The Morgan fingerprint density at radius 2 is 2.21 bits per heavy atom. The van der Waals surface area contributed by atoms with Gasteiger partial charge in [-0.05, 0) is 6.07 Å². The van der Waals surface area contributed by atoms with E-state index in [1.807, 2.05) is 0 Å². The molecule has 0 atom stereocenters. The average molecular weight is 193 g/mol. The summed E-state index contributed by atoms with van der Waals surface area (Å²) in [6.45, 7) is 0. The van der Waals surface area contributed by atoms with Crippen LogP contribution in [0, 0.1) is 23.0 Å². The van der Waals surface area contributed by atoms with Crippen LogP contribution >= 0.6 is 0 Å². The summed E-state index contributed by atoms with van der Waals surface area (Å²) in [5.41, 5.74) is -0.0527. The van der Waals surface area contributed by atoms with Gasteiger partial charge in [-0.3, -0.25) is 0 Å². The first-order valence-electron chi connectivity index (χ1n) is 3.95. The fraction of sp³-hybridized carbons (Fsp3) is 0.100. The van der Waals surface area contributed by atoms with Crippen molar-refractivity contribution in [2.24, 2.45) is 0 Å². The van der Waals surface area contributed by atoms with Crippen molar-refractivity contribution in [3.05, 3.63) is 35.6 Å². The van der Waals surface area contributed by atoms with E-state index in [0.717, 1.165) is 6.07 Å². The summed E-state index contributed by atoms with van der Waals surface area (Å²) in [6, 6.07) is 4.21. The zero-order valence-corrected chi connectivity index (χ0v) is 7.05. The highest BCUT2D eigenvalue weighted by atomic mass is 19.1. The van der Waals surface area contributed by atoms with Crippen molar-refractivity contribution in [2.75, 3.05) is 0 Å². The molecule has 70 valence electrons. The van der Waals surface area contributed by atoms with Gasteiger partial charge in [0.15, 0.2) is 0 Å². The predicted molar refractivity (Wildman–Crippen MR) is 45.4 cm³/mol. The molecule has 2 nitrogen and oxygen atoms in total. The largest absolute Gasteiger partial charge is 0.464 e. The van der Waals surface area contributed by atoms with Crippen molar-refractivity contribution >= 4 is 11.0 Å². The minimum Gasteiger partial charge on any atom is -0.464 e. The Balaban J connectivity index is 2.77. The minimum atomic E-state index is -0.744. The number of hydrogen-bond acceptors (Lipinski definition) is 2. The van der Waals surface area contributed by atoms with Crippen LogP contribution in [0.15, 0.2) is 22.8 Å². The maximum absolute atomic E-state index is 13.5. The highest BCUT2D eigenvalue weighted by Crippen LogP contribution is 2.24. The molecule has 1 heterocycles. The third kappa shape index (κ3) is 1.14. The second-order valence-corrected chi connectivity index (χ2v) is 2.82. The SMILES string of the molecule is N#CCc1c(F)cc2occc2c1F. The summed E-state index contributed by atoms with van der Waals surface area (Å²) in [5, 5.41) is 8.59. The molecule has 0 saturated carbocycles. The van der Waals surface area contributed by atoms with Crippen molar-refractivity contribution in [1.82, 2.24) is 0 Å². The van der Waals surface area contributed by atoms with E-state index in [4.69, 9.17) is 9.68 Å². The smallest absolute Gasteiger partial charge is 0.141 e. The Labute approximate surface area is 78.4 Å². The van der Waals surface area contributed by atoms with E-state index in [9.17, 15) is 8.78 Å². The lowest BCUT2D eigenvalue weighted by Gasteiger charge is -2.00. The quantitative estimate of drug-likeness (QED) is 0.698. The molecular weight excluding hydrogens is 188 g/mol. The maximum Gasteiger partial charge on any atom is 0.141 e. The molecule has 0 unspecified atom stereocenters. The summed E-state index contributed by atoms with van der Waals surface area (Å²) in [7, 11) is 0. The highest BCUT2D eigenvalue weighted by Gasteiger charge is 2.14. The fourth-order valence-electron chi connectivity index (χ4n) is 1.32. The van der Waals surface area contributed by atoms with Crippen molar-refractivity contribution in [3.8, 4) is 6.07 Å². The van der Waals surface area contributed by atoms with Crippen LogP contribution < -0.4 is 0 Å². The number of nitriles is 1. The third-order valence-corrected chi connectivity index (χ3v) is 2.00. The number of nitrogens with zero attached hydrogens (tertiary/aromatic N) is 1. The van der Waals surface area contributed by atoms with Crippen LogP contribution in [0.2, 0.25) is 0 Å². The van der Waals surface area contributed by atoms with Crippen LogP contribution in [-0.2, 0) is 6.42 Å². The molecule has 2 rings (SSSR count). The van der Waals surface area contributed by atoms with E-state index in [-0.39, 0.29) is 23.0 Å². The lowest BCUT2D eigenvalue weighted by atomic mass is 10.1. The van der Waals surface area contributed by atoms with Gasteiger partial charge < -0.3 is 4.42 Å². The maximum atomic E-state index is 13.5. The van der Waals surface area contributed by atoms with Gasteiger partial charge in [-0.1, -0.05) is 0 Å². The Morgan fingerprint density at radius 1 is 1.43 bits per heavy atom. The molecule has 0 spiro atoms. The van der Waals surface area contributed by atoms with Gasteiger partial charge in [0, 0.05) is 11.6 Å². The molecule has 14 heavy (non-hydrogen) atoms. The van der Waals surface area contributed by atoms with Gasteiger partial charge in [0.1, 0.15) is 17.2 Å². The first-order chi connectivity index (χ1) is 6.74. The summed E-state index contributed by atoms with van der Waals surface area (Å²) in [6.07, 6.45) is 1.00. The average Bonchev–Trinajstić information content (AvgIpc) is 2.60. The first-order valence-corrected chi connectivity index (χ1v) is 3.95. The molecule has 0 N–H and O–H groups in total. The normalized spacial score (nSPS) is 10.4. The molecule has 0 aliphatic carbocycles. The van der Waals surface area contributed by atoms with E-state index in [2.05, 4.69) is 0 Å². The number of benzene rings is 1. The lowest BCUT2D eigenvalue weighted by molar-refractivity contribution is 0.561. The number of hydrogen-bond donors (Lipinski definition) is 0. The van der Waals surface area contributed by atoms with Crippen LogP contribution in [0.1, 0.15) is 5.56 Å². The van der Waals surface area contributed by atoms with Gasteiger partial charge in [-0.15, -0.1) is 0 Å². The molecule has 0 saturated heterocycles. The van der Waals surface area contributed by atoms with Crippen molar-refractivity contribution < 1.29 is 13.2 Å². The predicted octanol–water partition coefficient (Wildman–Crippen LogP) is 2.78. The van der Waals surface area contributed by atoms with Gasteiger partial charge in [0.2, 0.25) is 0 Å². The van der Waals surface area contributed by atoms with Crippen LogP contribution in [0.25, 0.3) is 11.0 Å². The summed E-state index contributed by atoms with van der Waals surface area (Å²) >= 11 is 0. The van der Waals surface area contributed by atoms with E-state index in [0.29, 0.717) is 0 Å². The van der Waals surface area contributed by atoms with E-state index < -0.39 is 11.6 Å². The Hall–Kier alpha value is -1.89. The van der Waals surface area contributed by atoms with Crippen molar-refractivity contribution in [2.45, 2.75) is 6.42 Å². The second kappa shape index (κ2) is 3.11. The molecule has 4 heteroatoms. The minimum absolute atomic E-state index is 0.154. The van der Waals surface area contributed by atoms with Crippen LogP contribution in [0.4, 0.5) is 8.78 Å². The van der Waals surface area contributed by atoms with Gasteiger partial charge >= 0.3 is 0 Å². The first kappa shape index (κ1) is 8.70. The van der Waals surface area contributed by atoms with Gasteiger partial charge in [0.25, 0.3) is 0 Å². The highest BCUT2D eigenvalue weighted by molar-refractivity contribution is 5.78.